The zero-order valence-electron chi connectivity index (χ0n) is 10.1. The van der Waals surface area contributed by atoms with Gasteiger partial charge in [-0.1, -0.05) is 11.6 Å². The largest absolute Gasteiger partial charge is 0.496 e. The molecule has 7 heteroatoms. The number of hydrogen-bond acceptors (Lipinski definition) is 3. The van der Waals surface area contributed by atoms with Gasteiger partial charge in [0.2, 0.25) is 0 Å². The van der Waals surface area contributed by atoms with Crippen LogP contribution in [-0.2, 0) is 7.05 Å². The number of carboxylic acid groups (broad SMARTS) is 1. The molecule has 0 unspecified atom stereocenters. The van der Waals surface area contributed by atoms with Crippen LogP contribution in [0.5, 0.6) is 5.75 Å². The van der Waals surface area contributed by atoms with E-state index in [-0.39, 0.29) is 5.69 Å². The molecule has 19 heavy (non-hydrogen) atoms. The predicted molar refractivity (Wildman–Crippen MR) is 74.9 cm³/mol. The molecule has 1 aromatic heterocycles. The van der Waals surface area contributed by atoms with Gasteiger partial charge < -0.3 is 9.84 Å². The first-order valence-corrected chi connectivity index (χ1v) is 6.42. The number of nitrogens with zero attached hydrogens (tertiary/aromatic N) is 2. The molecule has 100 valence electrons. The van der Waals surface area contributed by atoms with Gasteiger partial charge in [-0.05, 0) is 28.1 Å². The van der Waals surface area contributed by atoms with Gasteiger partial charge in [0.15, 0.2) is 5.69 Å². The molecule has 5 nitrogen and oxygen atoms in total. The molecule has 1 N–H and O–H groups in total. The molecular formula is C12H10BrClN2O3. The zero-order chi connectivity index (χ0) is 14.2. The Morgan fingerprint density at radius 3 is 2.68 bits per heavy atom. The molecule has 0 atom stereocenters. The molecule has 0 aliphatic rings. The topological polar surface area (TPSA) is 64.3 Å². The van der Waals surface area contributed by atoms with Crippen LogP contribution in [0.3, 0.4) is 0 Å². The number of carboxylic acids is 1. The van der Waals surface area contributed by atoms with Crippen molar-refractivity contribution in [1.82, 2.24) is 9.78 Å². The van der Waals surface area contributed by atoms with E-state index in [0.717, 1.165) is 4.47 Å². The van der Waals surface area contributed by atoms with E-state index in [1.165, 1.54) is 10.7 Å². The minimum absolute atomic E-state index is 0.0273. The fourth-order valence-corrected chi connectivity index (χ4v) is 2.46. The van der Waals surface area contributed by atoms with Crippen LogP contribution in [0.4, 0.5) is 0 Å². The summed E-state index contributed by atoms with van der Waals surface area (Å²) in [6, 6.07) is 4.90. The quantitative estimate of drug-likeness (QED) is 0.928. The number of ether oxygens (including phenoxy) is 1. The van der Waals surface area contributed by atoms with Crippen LogP contribution in [-0.4, -0.2) is 28.0 Å². The Morgan fingerprint density at radius 2 is 2.16 bits per heavy atom. The van der Waals surface area contributed by atoms with Crippen molar-refractivity contribution in [3.8, 4) is 17.0 Å². The maximum Gasteiger partial charge on any atom is 0.356 e. The second-order valence-electron chi connectivity index (χ2n) is 3.81. The lowest BCUT2D eigenvalue weighted by molar-refractivity contribution is 0.0689. The number of hydrogen-bond donors (Lipinski definition) is 1. The number of benzene rings is 1. The highest BCUT2D eigenvalue weighted by atomic mass is 79.9. The van der Waals surface area contributed by atoms with E-state index < -0.39 is 5.97 Å². The molecule has 0 aliphatic carbocycles. The highest BCUT2D eigenvalue weighted by Crippen LogP contribution is 2.36. The molecule has 0 amide bonds. The number of halogens is 2. The Hall–Kier alpha value is -1.53. The van der Waals surface area contributed by atoms with Crippen molar-refractivity contribution in [3.05, 3.63) is 33.4 Å². The van der Waals surface area contributed by atoms with E-state index >= 15 is 0 Å². The third kappa shape index (κ3) is 2.59. The Morgan fingerprint density at radius 1 is 1.47 bits per heavy atom. The minimum Gasteiger partial charge on any atom is -0.496 e. The molecule has 1 heterocycles. The number of aromatic nitrogens is 2. The van der Waals surface area contributed by atoms with Crippen molar-refractivity contribution in [2.75, 3.05) is 7.11 Å². The fourth-order valence-electron chi connectivity index (χ4n) is 1.71. The summed E-state index contributed by atoms with van der Waals surface area (Å²) in [5, 5.41) is 13.3. The highest BCUT2D eigenvalue weighted by Gasteiger charge is 2.16. The summed E-state index contributed by atoms with van der Waals surface area (Å²) in [6.45, 7) is 0. The standard InChI is InChI=1S/C12H10BrClN2O3/c1-16-10(5-9(15-16)12(17)18)6-3-7(13)11(19-2)4-8(6)14/h3-5H,1-2H3,(H,17,18). The predicted octanol–water partition coefficient (Wildman–Crippen LogP) is 3.21. The number of methoxy groups -OCH3 is 1. The highest BCUT2D eigenvalue weighted by molar-refractivity contribution is 9.10. The Bertz CT molecular complexity index is 655. The van der Waals surface area contributed by atoms with Gasteiger partial charge in [0.05, 0.1) is 22.3 Å². The van der Waals surface area contributed by atoms with Gasteiger partial charge in [-0.15, -0.1) is 0 Å². The number of aryl methyl sites for hydroxylation is 1. The molecule has 0 spiro atoms. The maximum atomic E-state index is 10.9. The normalized spacial score (nSPS) is 10.5. The average Bonchev–Trinajstić information content (AvgIpc) is 2.74. The monoisotopic (exact) mass is 344 g/mol. The van der Waals surface area contributed by atoms with Gasteiger partial charge in [-0.25, -0.2) is 4.79 Å². The summed E-state index contributed by atoms with van der Waals surface area (Å²) >= 11 is 9.56. The summed E-state index contributed by atoms with van der Waals surface area (Å²) in [6.07, 6.45) is 0. The number of aromatic carboxylic acids is 1. The summed E-state index contributed by atoms with van der Waals surface area (Å²) in [5.74, 6) is -0.472. The van der Waals surface area contributed by atoms with Gasteiger partial charge >= 0.3 is 5.97 Å². The molecule has 0 aliphatic heterocycles. The Labute approximate surface area is 122 Å². The van der Waals surface area contributed by atoms with Crippen LogP contribution in [0.1, 0.15) is 10.5 Å². The first-order valence-electron chi connectivity index (χ1n) is 5.24. The molecular weight excluding hydrogens is 336 g/mol. The van der Waals surface area contributed by atoms with Crippen molar-refractivity contribution < 1.29 is 14.6 Å². The van der Waals surface area contributed by atoms with Crippen LogP contribution in [0, 0.1) is 0 Å². The maximum absolute atomic E-state index is 10.9. The zero-order valence-corrected chi connectivity index (χ0v) is 12.5. The minimum atomic E-state index is -1.08. The van der Waals surface area contributed by atoms with Crippen molar-refractivity contribution in [2.45, 2.75) is 0 Å². The molecule has 0 saturated carbocycles. The van der Waals surface area contributed by atoms with E-state index in [4.69, 9.17) is 21.4 Å². The van der Waals surface area contributed by atoms with Crippen molar-refractivity contribution in [1.29, 1.82) is 0 Å². The first-order chi connectivity index (χ1) is 8.93. The Kier molecular flexibility index (Phi) is 3.82. The SMILES string of the molecule is COc1cc(Cl)c(-c2cc(C(=O)O)nn2C)cc1Br. The second kappa shape index (κ2) is 5.22. The van der Waals surface area contributed by atoms with E-state index in [9.17, 15) is 4.79 Å². The average molecular weight is 346 g/mol. The smallest absolute Gasteiger partial charge is 0.356 e. The molecule has 1 aromatic carbocycles. The van der Waals surface area contributed by atoms with E-state index in [2.05, 4.69) is 21.0 Å². The Balaban J connectivity index is 2.59. The lowest BCUT2D eigenvalue weighted by Gasteiger charge is -2.09. The van der Waals surface area contributed by atoms with Crippen LogP contribution in [0.2, 0.25) is 5.02 Å². The van der Waals surface area contributed by atoms with Gasteiger partial charge in [0.1, 0.15) is 5.75 Å². The number of rotatable bonds is 3. The fraction of sp³-hybridized carbons (Fsp3) is 0.167. The van der Waals surface area contributed by atoms with Crippen molar-refractivity contribution >= 4 is 33.5 Å². The third-order valence-corrected chi connectivity index (χ3v) is 3.55. The van der Waals surface area contributed by atoms with Crippen LogP contribution in [0.25, 0.3) is 11.3 Å². The van der Waals surface area contributed by atoms with E-state index in [1.807, 2.05) is 0 Å². The molecule has 0 bridgehead atoms. The molecule has 0 saturated heterocycles. The summed E-state index contributed by atoms with van der Waals surface area (Å²) in [4.78, 5) is 10.9. The van der Waals surface area contributed by atoms with E-state index in [1.54, 1.807) is 26.3 Å². The molecule has 2 rings (SSSR count). The number of carbonyl (C=O) groups is 1. The molecule has 2 aromatic rings. The van der Waals surface area contributed by atoms with Crippen LogP contribution < -0.4 is 4.74 Å². The lowest BCUT2D eigenvalue weighted by Crippen LogP contribution is -1.99. The summed E-state index contributed by atoms with van der Waals surface area (Å²) in [5.41, 5.74) is 1.27. The van der Waals surface area contributed by atoms with Gasteiger partial charge in [0.25, 0.3) is 0 Å². The van der Waals surface area contributed by atoms with Crippen molar-refractivity contribution in [3.63, 3.8) is 0 Å². The van der Waals surface area contributed by atoms with Crippen molar-refractivity contribution in [2.24, 2.45) is 7.05 Å². The lowest BCUT2D eigenvalue weighted by atomic mass is 10.1. The summed E-state index contributed by atoms with van der Waals surface area (Å²) < 4.78 is 7.35. The van der Waals surface area contributed by atoms with Gasteiger partial charge in [0, 0.05) is 18.7 Å². The van der Waals surface area contributed by atoms with E-state index in [0.29, 0.717) is 22.0 Å². The molecule has 0 radical (unpaired) electrons. The second-order valence-corrected chi connectivity index (χ2v) is 5.07. The summed E-state index contributed by atoms with van der Waals surface area (Å²) in [7, 11) is 3.21. The van der Waals surface area contributed by atoms with Crippen LogP contribution >= 0.6 is 27.5 Å². The first kappa shape index (κ1) is 13.9. The third-order valence-electron chi connectivity index (χ3n) is 2.62. The van der Waals surface area contributed by atoms with Crippen LogP contribution in [0.15, 0.2) is 22.7 Å². The van der Waals surface area contributed by atoms with Gasteiger partial charge in [-0.3, -0.25) is 4.68 Å². The molecule has 0 fully saturated rings. The van der Waals surface area contributed by atoms with Gasteiger partial charge in [-0.2, -0.15) is 5.10 Å².